The number of halogens is 1. The van der Waals surface area contributed by atoms with E-state index >= 15 is 0 Å². The van der Waals surface area contributed by atoms with Gasteiger partial charge in [0.1, 0.15) is 22.8 Å². The lowest BCUT2D eigenvalue weighted by molar-refractivity contribution is -0.125. The normalized spacial score (nSPS) is 15.6. The Bertz CT molecular complexity index is 1460. The van der Waals surface area contributed by atoms with Crippen molar-refractivity contribution in [3.8, 4) is 17.2 Å². The minimum absolute atomic E-state index is 0.0221. The number of nitrogens with two attached hydrogens (primary N) is 1. The molecule has 1 atom stereocenters. The molecule has 0 radical (unpaired) electrons. The van der Waals surface area contributed by atoms with Gasteiger partial charge in [0.2, 0.25) is 5.91 Å². The van der Waals surface area contributed by atoms with Gasteiger partial charge < -0.3 is 19.9 Å². The van der Waals surface area contributed by atoms with Gasteiger partial charge in [0, 0.05) is 37.0 Å². The number of aromatic amines is 1. The minimum atomic E-state index is -0.381. The molecule has 1 fully saturated rings. The molecule has 3 N–H and O–H groups in total. The van der Waals surface area contributed by atoms with Crippen molar-refractivity contribution in [3.63, 3.8) is 0 Å². The van der Waals surface area contributed by atoms with Crippen molar-refractivity contribution < 1.29 is 13.9 Å². The molecule has 1 amide bonds. The number of anilines is 1. The number of hydrogen-bond acceptors (Lipinski definition) is 5. The third-order valence-corrected chi connectivity index (χ3v) is 6.04. The Labute approximate surface area is 194 Å². The van der Waals surface area contributed by atoms with E-state index in [0.717, 1.165) is 17.7 Å². The molecule has 0 saturated carbocycles. The summed E-state index contributed by atoms with van der Waals surface area (Å²) >= 11 is 0. The second-order valence-corrected chi connectivity index (χ2v) is 8.14. The topological polar surface area (TPSA) is 106 Å². The maximum atomic E-state index is 13.4. The van der Waals surface area contributed by atoms with E-state index in [1.165, 1.54) is 18.2 Å². The predicted octanol–water partition coefficient (Wildman–Crippen LogP) is 3.73. The Morgan fingerprint density at radius 1 is 1.24 bits per heavy atom. The third kappa shape index (κ3) is 3.81. The van der Waals surface area contributed by atoms with Crippen LogP contribution >= 0.6 is 0 Å². The summed E-state index contributed by atoms with van der Waals surface area (Å²) in [6, 6.07) is 13.0. The maximum absolute atomic E-state index is 13.4. The number of ether oxygens (including phenoxy) is 1. The summed E-state index contributed by atoms with van der Waals surface area (Å²) in [5.41, 5.74) is 7.91. The van der Waals surface area contributed by atoms with Crippen molar-refractivity contribution in [2.45, 2.75) is 12.3 Å². The largest absolute Gasteiger partial charge is 0.457 e. The average Bonchev–Trinajstić information content (AvgIpc) is 3.48. The highest BCUT2D eigenvalue weighted by molar-refractivity contribution is 5.92. The first kappa shape index (κ1) is 21.4. The molecule has 0 aliphatic carbocycles. The van der Waals surface area contributed by atoms with Crippen LogP contribution in [0.25, 0.3) is 16.6 Å². The highest BCUT2D eigenvalue weighted by Gasteiger charge is 2.30. The molecular formula is C25H22FN5O3. The molecule has 34 heavy (non-hydrogen) atoms. The molecule has 4 aromatic rings. The highest BCUT2D eigenvalue weighted by atomic mass is 19.1. The zero-order valence-electron chi connectivity index (χ0n) is 18.2. The van der Waals surface area contributed by atoms with Crippen molar-refractivity contribution in [2.75, 3.05) is 18.8 Å². The molecule has 0 spiro atoms. The predicted molar refractivity (Wildman–Crippen MR) is 127 cm³/mol. The summed E-state index contributed by atoms with van der Waals surface area (Å²) in [6.45, 7) is 4.64. The second kappa shape index (κ2) is 8.51. The highest BCUT2D eigenvalue weighted by Crippen LogP contribution is 2.35. The van der Waals surface area contributed by atoms with Crippen LogP contribution < -0.4 is 16.0 Å². The molecule has 5 rings (SSSR count). The van der Waals surface area contributed by atoms with E-state index in [2.05, 4.69) is 16.8 Å². The first-order valence-corrected chi connectivity index (χ1v) is 10.8. The number of amides is 1. The molecule has 3 heterocycles. The van der Waals surface area contributed by atoms with Gasteiger partial charge in [-0.15, -0.1) is 0 Å². The monoisotopic (exact) mass is 459 g/mol. The molecule has 0 unspecified atom stereocenters. The van der Waals surface area contributed by atoms with Crippen LogP contribution in [0, 0.1) is 5.82 Å². The van der Waals surface area contributed by atoms with Gasteiger partial charge in [-0.1, -0.05) is 12.6 Å². The number of aromatic nitrogens is 3. The van der Waals surface area contributed by atoms with Gasteiger partial charge in [0.15, 0.2) is 5.82 Å². The SMILES string of the molecule is C=CC(=O)N1CC[C@@H](c2cn(-c3ccc(Oc4cccc(F)c4)cc3)c3c(N)n[nH]c(=O)c23)C1. The van der Waals surface area contributed by atoms with E-state index in [-0.39, 0.29) is 29.0 Å². The Balaban J connectivity index is 1.53. The number of nitrogens with one attached hydrogen (secondary N) is 1. The van der Waals surface area contributed by atoms with Crippen LogP contribution in [0.3, 0.4) is 0 Å². The van der Waals surface area contributed by atoms with Gasteiger partial charge in [-0.2, -0.15) is 5.10 Å². The van der Waals surface area contributed by atoms with Crippen LogP contribution in [-0.4, -0.2) is 38.7 Å². The van der Waals surface area contributed by atoms with E-state index in [1.807, 2.05) is 22.9 Å². The first-order valence-electron chi connectivity index (χ1n) is 10.8. The van der Waals surface area contributed by atoms with Crippen molar-refractivity contribution in [3.05, 3.63) is 89.1 Å². The summed E-state index contributed by atoms with van der Waals surface area (Å²) in [4.78, 5) is 26.6. The summed E-state index contributed by atoms with van der Waals surface area (Å²) in [6.07, 6.45) is 3.90. The Morgan fingerprint density at radius 3 is 2.76 bits per heavy atom. The number of likely N-dealkylation sites (tertiary alicyclic amines) is 1. The first-order chi connectivity index (χ1) is 16.4. The zero-order valence-corrected chi connectivity index (χ0v) is 18.2. The van der Waals surface area contributed by atoms with E-state index in [1.54, 1.807) is 29.2 Å². The maximum Gasteiger partial charge on any atom is 0.274 e. The van der Waals surface area contributed by atoms with Gasteiger partial charge >= 0.3 is 0 Å². The minimum Gasteiger partial charge on any atom is -0.457 e. The zero-order chi connectivity index (χ0) is 23.8. The van der Waals surface area contributed by atoms with E-state index < -0.39 is 0 Å². The number of H-pyrrole nitrogens is 1. The summed E-state index contributed by atoms with van der Waals surface area (Å²) in [7, 11) is 0. The summed E-state index contributed by atoms with van der Waals surface area (Å²) in [5.74, 6) is 0.582. The quantitative estimate of drug-likeness (QED) is 0.443. The number of nitrogen functional groups attached to an aromatic ring is 1. The molecule has 0 bridgehead atoms. The fourth-order valence-electron chi connectivity index (χ4n) is 4.43. The number of rotatable bonds is 5. The van der Waals surface area contributed by atoms with E-state index in [9.17, 15) is 14.0 Å². The Morgan fingerprint density at radius 2 is 2.03 bits per heavy atom. The standard InChI is InChI=1S/C25H22FN5O3/c1-2-21(32)30-11-10-15(13-30)20-14-31(23-22(20)25(33)29-28-24(23)27)17-6-8-18(9-7-17)34-19-5-3-4-16(26)12-19/h2-9,12,14-15H,1,10-11,13H2,(H2,27,28)(H,29,33)/t15-/m1/s1. The summed E-state index contributed by atoms with van der Waals surface area (Å²) < 4.78 is 21.0. The van der Waals surface area contributed by atoms with E-state index in [0.29, 0.717) is 35.5 Å². The lowest BCUT2D eigenvalue weighted by atomic mass is 9.99. The van der Waals surface area contributed by atoms with Crippen LogP contribution in [0.15, 0.2) is 72.2 Å². The molecule has 1 saturated heterocycles. The number of fused-ring (bicyclic) bond motifs is 1. The Kier molecular flexibility index (Phi) is 5.37. The molecule has 1 aliphatic heterocycles. The lowest BCUT2D eigenvalue weighted by Gasteiger charge is -2.13. The molecule has 8 nitrogen and oxygen atoms in total. The van der Waals surface area contributed by atoms with Crippen molar-refractivity contribution in [1.82, 2.24) is 19.7 Å². The van der Waals surface area contributed by atoms with Gasteiger partial charge in [0.05, 0.1) is 5.39 Å². The van der Waals surface area contributed by atoms with Gasteiger partial charge in [0.25, 0.3) is 5.56 Å². The smallest absolute Gasteiger partial charge is 0.274 e. The number of nitrogens with zero attached hydrogens (tertiary/aromatic N) is 3. The molecular weight excluding hydrogens is 437 g/mol. The van der Waals surface area contributed by atoms with Crippen molar-refractivity contribution in [1.29, 1.82) is 0 Å². The van der Waals surface area contributed by atoms with Crippen LogP contribution in [0.1, 0.15) is 17.9 Å². The molecule has 9 heteroatoms. The van der Waals surface area contributed by atoms with Crippen molar-refractivity contribution >= 4 is 22.6 Å². The van der Waals surface area contributed by atoms with Crippen LogP contribution in [0.5, 0.6) is 11.5 Å². The fraction of sp³-hybridized carbons (Fsp3) is 0.160. The van der Waals surface area contributed by atoms with Gasteiger partial charge in [-0.05, 0) is 54.5 Å². The number of benzene rings is 2. The van der Waals surface area contributed by atoms with Crippen LogP contribution in [0.4, 0.5) is 10.2 Å². The average molecular weight is 459 g/mol. The molecule has 2 aromatic heterocycles. The van der Waals surface area contributed by atoms with Gasteiger partial charge in [-0.25, -0.2) is 9.49 Å². The molecule has 2 aromatic carbocycles. The lowest BCUT2D eigenvalue weighted by Crippen LogP contribution is -2.26. The Hall–Kier alpha value is -4.40. The van der Waals surface area contributed by atoms with E-state index in [4.69, 9.17) is 10.5 Å². The van der Waals surface area contributed by atoms with Crippen LogP contribution in [0.2, 0.25) is 0 Å². The number of hydrogen-bond donors (Lipinski definition) is 2. The number of carbonyl (C=O) groups excluding carboxylic acids is 1. The second-order valence-electron chi connectivity index (χ2n) is 8.14. The summed E-state index contributed by atoms with van der Waals surface area (Å²) in [5, 5.41) is 6.88. The third-order valence-electron chi connectivity index (χ3n) is 6.04. The molecule has 172 valence electrons. The number of carbonyl (C=O) groups is 1. The molecule has 1 aliphatic rings. The fourth-order valence-corrected chi connectivity index (χ4v) is 4.43. The van der Waals surface area contributed by atoms with Crippen molar-refractivity contribution in [2.24, 2.45) is 0 Å². The van der Waals surface area contributed by atoms with Gasteiger partial charge in [-0.3, -0.25) is 9.59 Å². The van der Waals surface area contributed by atoms with Crippen LogP contribution in [-0.2, 0) is 4.79 Å².